The summed E-state index contributed by atoms with van der Waals surface area (Å²) in [6.07, 6.45) is -6.39. The summed E-state index contributed by atoms with van der Waals surface area (Å²) in [5.41, 5.74) is 0. The lowest BCUT2D eigenvalue weighted by molar-refractivity contribution is -0.123. The zero-order valence-electron chi connectivity index (χ0n) is 6.91. The molecule has 0 aliphatic rings. The maximum atomic E-state index is 8.96. The number of hydrogen-bond donors (Lipinski definition) is 6. The summed E-state index contributed by atoms with van der Waals surface area (Å²) in [7, 11) is 0. The largest absolute Gasteiger partial charge is 0.394 e. The molecule has 0 aliphatic carbocycles. The fourth-order valence-corrected chi connectivity index (χ4v) is 0.671. The molecule has 0 aliphatic heterocycles. The van der Waals surface area contributed by atoms with Crippen molar-refractivity contribution in [2.45, 2.75) is 24.4 Å². The van der Waals surface area contributed by atoms with Crippen LogP contribution in [0.1, 0.15) is 0 Å². The molecule has 0 fully saturated rings. The van der Waals surface area contributed by atoms with Crippen LogP contribution in [-0.4, -0.2) is 68.3 Å². The molecule has 6 N–H and O–H groups in total. The summed E-state index contributed by atoms with van der Waals surface area (Å²) >= 11 is 0. The second-order valence-electron chi connectivity index (χ2n) is 2.48. The Hall–Kier alpha value is -0.240. The average molecular weight is 195 g/mol. The Bertz CT molecular complexity index is 106. The summed E-state index contributed by atoms with van der Waals surface area (Å²) in [6, 6.07) is 0. The van der Waals surface area contributed by atoms with E-state index in [2.05, 4.69) is 0 Å². The normalized spacial score (nSPS) is 19.8. The molecule has 13 heavy (non-hydrogen) atoms. The molecule has 0 saturated heterocycles. The van der Waals surface area contributed by atoms with Crippen LogP contribution in [0.5, 0.6) is 0 Å². The van der Waals surface area contributed by atoms with Gasteiger partial charge in [-0.2, -0.15) is 0 Å². The van der Waals surface area contributed by atoms with Gasteiger partial charge in [-0.05, 0) is 0 Å². The molecule has 0 bridgehead atoms. The van der Waals surface area contributed by atoms with Crippen LogP contribution in [0.3, 0.4) is 0 Å². The zero-order valence-corrected chi connectivity index (χ0v) is 6.91. The summed E-state index contributed by atoms with van der Waals surface area (Å²) in [4.78, 5) is 0. The molecule has 0 aromatic carbocycles. The third-order valence-electron chi connectivity index (χ3n) is 1.51. The van der Waals surface area contributed by atoms with E-state index in [0.29, 0.717) is 0 Å². The first-order chi connectivity index (χ1) is 5.54. The van der Waals surface area contributed by atoms with Crippen LogP contribution in [0, 0.1) is 7.43 Å². The predicted molar refractivity (Wildman–Crippen MR) is 41.4 cm³/mol. The molecule has 0 saturated carbocycles. The molecule has 0 amide bonds. The molecule has 0 aromatic rings. The first-order valence-corrected chi connectivity index (χ1v) is 3.48. The van der Waals surface area contributed by atoms with Crippen LogP contribution in [-0.2, 0) is 0 Å². The minimum atomic E-state index is -1.67. The molecule has 0 rings (SSSR count). The topological polar surface area (TPSA) is 121 Å². The van der Waals surface area contributed by atoms with Gasteiger partial charge < -0.3 is 30.6 Å². The van der Waals surface area contributed by atoms with E-state index in [1.807, 2.05) is 0 Å². The van der Waals surface area contributed by atoms with Crippen molar-refractivity contribution >= 4 is 0 Å². The van der Waals surface area contributed by atoms with Crippen molar-refractivity contribution in [1.82, 2.24) is 0 Å². The predicted octanol–water partition coefficient (Wildman–Crippen LogP) is -3.50. The molecule has 0 spiro atoms. The lowest BCUT2D eigenvalue weighted by Crippen LogP contribution is -2.46. The highest BCUT2D eigenvalue weighted by atomic mass is 16.4. The van der Waals surface area contributed by atoms with Crippen molar-refractivity contribution in [2.75, 3.05) is 13.2 Å². The minimum Gasteiger partial charge on any atom is -0.394 e. The number of rotatable bonds is 5. The van der Waals surface area contributed by atoms with Crippen LogP contribution in [0.25, 0.3) is 0 Å². The lowest BCUT2D eigenvalue weighted by atomic mass is 10.1. The Balaban J connectivity index is 0. The van der Waals surface area contributed by atoms with Crippen molar-refractivity contribution in [3.05, 3.63) is 7.43 Å². The van der Waals surface area contributed by atoms with Crippen molar-refractivity contribution in [3.8, 4) is 0 Å². The van der Waals surface area contributed by atoms with Gasteiger partial charge in [0, 0.05) is 7.43 Å². The zero-order chi connectivity index (χ0) is 9.72. The third-order valence-corrected chi connectivity index (χ3v) is 1.51. The fraction of sp³-hybridized carbons (Fsp3) is 0.857. The van der Waals surface area contributed by atoms with E-state index in [9.17, 15) is 0 Å². The van der Waals surface area contributed by atoms with Crippen LogP contribution in [0.2, 0.25) is 0 Å². The smallest absolute Gasteiger partial charge is 0.111 e. The van der Waals surface area contributed by atoms with E-state index >= 15 is 0 Å². The van der Waals surface area contributed by atoms with E-state index in [0.717, 1.165) is 0 Å². The quantitative estimate of drug-likeness (QED) is 0.253. The van der Waals surface area contributed by atoms with Gasteiger partial charge in [-0.25, -0.2) is 0 Å². The third kappa shape index (κ3) is 4.51. The first kappa shape index (κ1) is 15.2. The minimum absolute atomic E-state index is 0. The average Bonchev–Trinajstić information content (AvgIpc) is 2.12. The van der Waals surface area contributed by atoms with Crippen LogP contribution >= 0.6 is 0 Å². The molecular formula is C7H14O6. The number of aliphatic hydroxyl groups excluding tert-OH is 6. The Morgan fingerprint density at radius 1 is 0.692 bits per heavy atom. The molecule has 0 aromatic heterocycles. The molecule has 6 nitrogen and oxygen atoms in total. The van der Waals surface area contributed by atoms with Crippen LogP contribution < -0.4 is 0 Å². The van der Waals surface area contributed by atoms with E-state index in [1.54, 1.807) is 0 Å². The summed E-state index contributed by atoms with van der Waals surface area (Å²) < 4.78 is 0. The van der Waals surface area contributed by atoms with Gasteiger partial charge >= 0.3 is 0 Å². The number of aliphatic hydroxyl groups is 6. The molecule has 0 unspecified atom stereocenters. The van der Waals surface area contributed by atoms with Crippen LogP contribution in [0.15, 0.2) is 0 Å². The Labute approximate surface area is 76.7 Å². The first-order valence-electron chi connectivity index (χ1n) is 3.48. The van der Waals surface area contributed by atoms with Crippen molar-refractivity contribution < 1.29 is 30.6 Å². The van der Waals surface area contributed by atoms with Gasteiger partial charge in [0.25, 0.3) is 0 Å². The molecule has 4 atom stereocenters. The van der Waals surface area contributed by atoms with Gasteiger partial charge in [0.15, 0.2) is 0 Å². The molecular weight excluding hydrogens is 181 g/mol. The van der Waals surface area contributed by atoms with Gasteiger partial charge in [0.1, 0.15) is 24.4 Å². The second-order valence-corrected chi connectivity index (χ2v) is 2.48. The maximum absolute atomic E-state index is 8.96. The molecule has 6 heteroatoms. The van der Waals surface area contributed by atoms with Crippen LogP contribution in [0.4, 0.5) is 0 Å². The van der Waals surface area contributed by atoms with E-state index in [1.165, 1.54) is 0 Å². The monoisotopic (exact) mass is 195 g/mol. The summed E-state index contributed by atoms with van der Waals surface area (Å²) in [5.74, 6) is 0. The Morgan fingerprint density at radius 2 is 0.923 bits per heavy atom. The summed E-state index contributed by atoms with van der Waals surface area (Å²) in [5, 5.41) is 52.2. The SMILES string of the molecule is OC[C@@H](O)[C@@H](O)[C@H](O)[C@@H](O)[13CH2]O.[C]. The maximum Gasteiger partial charge on any atom is 0.111 e. The molecule has 78 valence electrons. The van der Waals surface area contributed by atoms with E-state index < -0.39 is 37.6 Å². The standard InChI is InChI=1S/C6H14O6.C/c7-1-3(9)5(11)6(12)4(10)2-8;/h3-12H,1-2H2;/t3-,4+,5-,6-;/m1./s1/i1+1;/t3-,4+,5+,6+;/m0.. The van der Waals surface area contributed by atoms with Crippen molar-refractivity contribution in [1.29, 1.82) is 0 Å². The summed E-state index contributed by atoms with van der Waals surface area (Å²) in [6.45, 7) is -1.45. The van der Waals surface area contributed by atoms with Gasteiger partial charge in [0.2, 0.25) is 0 Å². The van der Waals surface area contributed by atoms with Crippen molar-refractivity contribution in [3.63, 3.8) is 0 Å². The number of hydrogen-bond acceptors (Lipinski definition) is 6. The van der Waals surface area contributed by atoms with Gasteiger partial charge in [-0.15, -0.1) is 0 Å². The Morgan fingerprint density at radius 3 is 1.08 bits per heavy atom. The second kappa shape index (κ2) is 7.19. The van der Waals surface area contributed by atoms with Gasteiger partial charge in [-0.1, -0.05) is 0 Å². The fourth-order valence-electron chi connectivity index (χ4n) is 0.671. The highest BCUT2D eigenvalue weighted by molar-refractivity contribution is 4.79. The van der Waals surface area contributed by atoms with Gasteiger partial charge in [-0.3, -0.25) is 0 Å². The lowest BCUT2D eigenvalue weighted by Gasteiger charge is -2.24. The molecule has 4 radical (unpaired) electrons. The highest BCUT2D eigenvalue weighted by Crippen LogP contribution is 2.03. The van der Waals surface area contributed by atoms with E-state index in [-0.39, 0.29) is 7.43 Å². The van der Waals surface area contributed by atoms with Crippen molar-refractivity contribution in [2.24, 2.45) is 0 Å². The van der Waals surface area contributed by atoms with Gasteiger partial charge in [0.05, 0.1) is 13.2 Å². The molecule has 0 heterocycles. The van der Waals surface area contributed by atoms with E-state index in [4.69, 9.17) is 30.6 Å². The highest BCUT2D eigenvalue weighted by Gasteiger charge is 2.29. The Kier molecular flexibility index (Phi) is 8.43.